The van der Waals surface area contributed by atoms with Crippen molar-refractivity contribution in [2.24, 2.45) is 0 Å². The van der Waals surface area contributed by atoms with Gasteiger partial charge in [0.2, 0.25) is 0 Å². The number of hydrogen-bond donors (Lipinski definition) is 0. The molecule has 124 valence electrons. The molecule has 0 heterocycles. The first-order valence-electron chi connectivity index (χ1n) is 9.19. The summed E-state index contributed by atoms with van der Waals surface area (Å²) in [4.78, 5) is 0. The molecule has 0 aliphatic rings. The second-order valence-electron chi connectivity index (χ2n) is 6.09. The van der Waals surface area contributed by atoms with Crippen LogP contribution in [0.4, 0.5) is 0 Å². The van der Waals surface area contributed by atoms with Crippen LogP contribution in [-0.2, 0) is 4.74 Å². The highest BCUT2D eigenvalue weighted by molar-refractivity contribution is 4.86. The lowest BCUT2D eigenvalue weighted by Gasteiger charge is -2.20. The van der Waals surface area contributed by atoms with Crippen molar-refractivity contribution in [1.82, 2.24) is 0 Å². The molecule has 0 aliphatic carbocycles. The van der Waals surface area contributed by atoms with Crippen LogP contribution >= 0.6 is 0 Å². The summed E-state index contributed by atoms with van der Waals surface area (Å²) in [5.74, 6) is 0. The molecule has 0 aliphatic heterocycles. The molecule has 0 spiro atoms. The number of rotatable bonds is 16. The topological polar surface area (TPSA) is 9.23 Å². The van der Waals surface area contributed by atoms with Gasteiger partial charge in [-0.3, -0.25) is 0 Å². The Kier molecular flexibility index (Phi) is 15.4. The molecule has 0 fully saturated rings. The molecule has 0 radical (unpaired) electrons. The van der Waals surface area contributed by atoms with Crippen LogP contribution in [0.5, 0.6) is 0 Å². The van der Waals surface area contributed by atoms with Crippen LogP contribution in [0.2, 0.25) is 0 Å². The summed E-state index contributed by atoms with van der Waals surface area (Å²) in [6.07, 6.45) is 19.7. The SMILES string of the molecule is C=CC(CCCCCCC)OC(C=C)CCCCCCC. The van der Waals surface area contributed by atoms with Crippen LogP contribution in [0.3, 0.4) is 0 Å². The molecule has 0 rings (SSSR count). The highest BCUT2D eigenvalue weighted by atomic mass is 16.5. The Hall–Kier alpha value is -0.560. The smallest absolute Gasteiger partial charge is 0.0761 e. The van der Waals surface area contributed by atoms with Crippen LogP contribution in [0.15, 0.2) is 25.3 Å². The predicted molar refractivity (Wildman–Crippen MR) is 95.8 cm³/mol. The molecule has 2 unspecified atom stereocenters. The van der Waals surface area contributed by atoms with E-state index in [1.165, 1.54) is 64.2 Å². The molecule has 1 heteroatoms. The van der Waals surface area contributed by atoms with Gasteiger partial charge in [-0.15, -0.1) is 13.2 Å². The molecule has 0 saturated carbocycles. The Bertz CT molecular complexity index is 210. The van der Waals surface area contributed by atoms with Gasteiger partial charge in [0.15, 0.2) is 0 Å². The fourth-order valence-corrected chi connectivity index (χ4v) is 2.61. The maximum absolute atomic E-state index is 6.13. The average Bonchev–Trinajstić information content (AvgIpc) is 2.51. The molecular formula is C20H38O. The number of ether oxygens (including phenoxy) is 1. The quantitative estimate of drug-likeness (QED) is 0.224. The standard InChI is InChI=1S/C20H38O/c1-5-9-11-13-15-17-19(7-3)21-20(8-4)18-16-14-12-10-6-2/h7-8,19-20H,3-6,9-18H2,1-2H3. The zero-order valence-corrected chi connectivity index (χ0v) is 14.6. The highest BCUT2D eigenvalue weighted by Crippen LogP contribution is 2.16. The van der Waals surface area contributed by atoms with Crippen molar-refractivity contribution in [2.45, 2.75) is 103 Å². The van der Waals surface area contributed by atoms with Gasteiger partial charge in [0.25, 0.3) is 0 Å². The highest BCUT2D eigenvalue weighted by Gasteiger charge is 2.11. The normalized spacial score (nSPS) is 13.8. The number of unbranched alkanes of at least 4 members (excludes halogenated alkanes) is 8. The van der Waals surface area contributed by atoms with E-state index in [1.807, 2.05) is 12.2 Å². The van der Waals surface area contributed by atoms with E-state index in [0.717, 1.165) is 12.8 Å². The Labute approximate surface area is 133 Å². The summed E-state index contributed by atoms with van der Waals surface area (Å²) in [6.45, 7) is 12.4. The van der Waals surface area contributed by atoms with Crippen LogP contribution in [0, 0.1) is 0 Å². The summed E-state index contributed by atoms with van der Waals surface area (Å²) < 4.78 is 6.13. The monoisotopic (exact) mass is 294 g/mol. The minimum absolute atomic E-state index is 0.199. The van der Waals surface area contributed by atoms with Crippen molar-refractivity contribution in [3.8, 4) is 0 Å². The van der Waals surface area contributed by atoms with Gasteiger partial charge in [-0.2, -0.15) is 0 Å². The van der Waals surface area contributed by atoms with Crippen molar-refractivity contribution in [2.75, 3.05) is 0 Å². The van der Waals surface area contributed by atoms with Gasteiger partial charge in [-0.1, -0.05) is 90.2 Å². The third-order valence-corrected chi connectivity index (χ3v) is 4.06. The van der Waals surface area contributed by atoms with Crippen molar-refractivity contribution in [3.05, 3.63) is 25.3 Å². The molecule has 2 atom stereocenters. The third-order valence-electron chi connectivity index (χ3n) is 4.06. The van der Waals surface area contributed by atoms with E-state index in [2.05, 4.69) is 27.0 Å². The van der Waals surface area contributed by atoms with E-state index in [9.17, 15) is 0 Å². The van der Waals surface area contributed by atoms with E-state index in [1.54, 1.807) is 0 Å². The Morgan fingerprint density at radius 2 is 1.05 bits per heavy atom. The van der Waals surface area contributed by atoms with Crippen molar-refractivity contribution < 1.29 is 4.74 Å². The first kappa shape index (κ1) is 20.4. The molecule has 1 nitrogen and oxygen atoms in total. The van der Waals surface area contributed by atoms with Gasteiger partial charge in [0.1, 0.15) is 0 Å². The molecule has 0 saturated heterocycles. The summed E-state index contributed by atoms with van der Waals surface area (Å²) in [5.41, 5.74) is 0. The second-order valence-corrected chi connectivity index (χ2v) is 6.09. The van der Waals surface area contributed by atoms with E-state index in [0.29, 0.717) is 0 Å². The van der Waals surface area contributed by atoms with Crippen molar-refractivity contribution in [1.29, 1.82) is 0 Å². The van der Waals surface area contributed by atoms with Crippen LogP contribution < -0.4 is 0 Å². The lowest BCUT2D eigenvalue weighted by atomic mass is 10.1. The summed E-state index contributed by atoms with van der Waals surface area (Å²) in [7, 11) is 0. The number of hydrogen-bond acceptors (Lipinski definition) is 1. The molecule has 0 aromatic heterocycles. The average molecular weight is 295 g/mol. The second kappa shape index (κ2) is 15.8. The molecule has 21 heavy (non-hydrogen) atoms. The summed E-state index contributed by atoms with van der Waals surface area (Å²) >= 11 is 0. The summed E-state index contributed by atoms with van der Waals surface area (Å²) in [6, 6.07) is 0. The van der Waals surface area contributed by atoms with Crippen LogP contribution in [0.25, 0.3) is 0 Å². The van der Waals surface area contributed by atoms with Gasteiger partial charge < -0.3 is 4.74 Å². The van der Waals surface area contributed by atoms with E-state index < -0.39 is 0 Å². The first-order valence-corrected chi connectivity index (χ1v) is 9.19. The minimum atomic E-state index is 0.199. The van der Waals surface area contributed by atoms with Crippen molar-refractivity contribution >= 4 is 0 Å². The Balaban J connectivity index is 3.78. The zero-order chi connectivity index (χ0) is 15.8. The molecular weight excluding hydrogens is 256 g/mol. The summed E-state index contributed by atoms with van der Waals surface area (Å²) in [5, 5.41) is 0. The maximum atomic E-state index is 6.13. The zero-order valence-electron chi connectivity index (χ0n) is 14.6. The molecule has 0 N–H and O–H groups in total. The lowest BCUT2D eigenvalue weighted by Crippen LogP contribution is -2.19. The fourth-order valence-electron chi connectivity index (χ4n) is 2.61. The van der Waals surface area contributed by atoms with E-state index >= 15 is 0 Å². The van der Waals surface area contributed by atoms with Gasteiger partial charge in [0.05, 0.1) is 12.2 Å². The minimum Gasteiger partial charge on any atom is -0.367 e. The molecule has 0 aromatic carbocycles. The van der Waals surface area contributed by atoms with Gasteiger partial charge in [-0.05, 0) is 12.8 Å². The van der Waals surface area contributed by atoms with E-state index in [-0.39, 0.29) is 12.2 Å². The molecule has 0 amide bonds. The van der Waals surface area contributed by atoms with Crippen LogP contribution in [-0.4, -0.2) is 12.2 Å². The first-order chi connectivity index (χ1) is 10.3. The third kappa shape index (κ3) is 12.9. The Morgan fingerprint density at radius 3 is 1.38 bits per heavy atom. The van der Waals surface area contributed by atoms with Gasteiger partial charge in [-0.25, -0.2) is 0 Å². The maximum Gasteiger partial charge on any atom is 0.0761 e. The van der Waals surface area contributed by atoms with Gasteiger partial charge in [0, 0.05) is 0 Å². The van der Waals surface area contributed by atoms with Crippen LogP contribution in [0.1, 0.15) is 90.9 Å². The largest absolute Gasteiger partial charge is 0.367 e. The van der Waals surface area contributed by atoms with Gasteiger partial charge >= 0.3 is 0 Å². The molecule has 0 bridgehead atoms. The van der Waals surface area contributed by atoms with E-state index in [4.69, 9.17) is 4.74 Å². The van der Waals surface area contributed by atoms with Crippen molar-refractivity contribution in [3.63, 3.8) is 0 Å². The molecule has 0 aromatic rings. The predicted octanol–water partition coefficient (Wildman–Crippen LogP) is 6.83. The Morgan fingerprint density at radius 1 is 0.667 bits per heavy atom. The fraction of sp³-hybridized carbons (Fsp3) is 0.800. The lowest BCUT2D eigenvalue weighted by molar-refractivity contribution is 0.0299.